The van der Waals surface area contributed by atoms with E-state index in [4.69, 9.17) is 10.5 Å². The Balaban J connectivity index is 2.82. The van der Waals surface area contributed by atoms with Crippen LogP contribution in [0.5, 0.6) is 5.75 Å². The number of rotatable bonds is 7. The van der Waals surface area contributed by atoms with Crippen LogP contribution in [0.3, 0.4) is 0 Å². The van der Waals surface area contributed by atoms with E-state index in [2.05, 4.69) is 19.2 Å². The van der Waals surface area contributed by atoms with Crippen molar-refractivity contribution in [3.63, 3.8) is 0 Å². The summed E-state index contributed by atoms with van der Waals surface area (Å²) < 4.78 is 5.38. The highest BCUT2D eigenvalue weighted by molar-refractivity contribution is 5.79. The molecule has 2 unspecified atom stereocenters. The number of methoxy groups -OCH3 is 1. The molecule has 0 heterocycles. The van der Waals surface area contributed by atoms with Gasteiger partial charge >= 0.3 is 0 Å². The molecule has 3 N–H and O–H groups in total. The van der Waals surface area contributed by atoms with Crippen molar-refractivity contribution in [3.05, 3.63) is 29.3 Å². The summed E-state index contributed by atoms with van der Waals surface area (Å²) in [4.78, 5) is 12.3. The standard InChI is InChI=1S/C17H28N2O2/c1-11(2)8-14(10-18)17(20)19-13(4)15-9-12(3)6-7-16(15)21-5/h6-7,9,11,13-14H,8,10,18H2,1-5H3,(H,19,20). The Morgan fingerprint density at radius 2 is 2.00 bits per heavy atom. The van der Waals surface area contributed by atoms with E-state index in [1.807, 2.05) is 32.0 Å². The maximum atomic E-state index is 12.3. The van der Waals surface area contributed by atoms with Crippen molar-refractivity contribution in [1.82, 2.24) is 5.32 Å². The van der Waals surface area contributed by atoms with Crippen LogP contribution >= 0.6 is 0 Å². The number of ether oxygens (including phenoxy) is 1. The van der Waals surface area contributed by atoms with Crippen LogP contribution in [0, 0.1) is 18.8 Å². The summed E-state index contributed by atoms with van der Waals surface area (Å²) in [5, 5.41) is 3.06. The van der Waals surface area contributed by atoms with E-state index in [-0.39, 0.29) is 17.9 Å². The average Bonchev–Trinajstić information content (AvgIpc) is 2.44. The van der Waals surface area contributed by atoms with Crippen molar-refractivity contribution >= 4 is 5.91 Å². The Hall–Kier alpha value is -1.55. The van der Waals surface area contributed by atoms with Crippen molar-refractivity contribution < 1.29 is 9.53 Å². The molecule has 1 amide bonds. The van der Waals surface area contributed by atoms with E-state index >= 15 is 0 Å². The van der Waals surface area contributed by atoms with Crippen LogP contribution in [0.25, 0.3) is 0 Å². The number of nitrogens with two attached hydrogens (primary N) is 1. The molecule has 21 heavy (non-hydrogen) atoms. The highest BCUT2D eigenvalue weighted by Gasteiger charge is 2.21. The predicted octanol–water partition coefficient (Wildman–Crippen LogP) is 2.80. The molecule has 0 bridgehead atoms. The second-order valence-electron chi connectivity index (χ2n) is 6.04. The predicted molar refractivity (Wildman–Crippen MR) is 86.3 cm³/mol. The Kier molecular flexibility index (Phi) is 6.69. The van der Waals surface area contributed by atoms with Crippen molar-refractivity contribution in [2.45, 2.75) is 40.2 Å². The molecule has 0 aliphatic heterocycles. The topological polar surface area (TPSA) is 64.3 Å². The number of nitrogens with one attached hydrogen (secondary N) is 1. The van der Waals surface area contributed by atoms with Crippen LogP contribution in [0.2, 0.25) is 0 Å². The van der Waals surface area contributed by atoms with Gasteiger partial charge in [-0.1, -0.05) is 31.5 Å². The molecule has 1 aromatic rings. The zero-order valence-electron chi connectivity index (χ0n) is 13.8. The molecule has 4 heteroatoms. The van der Waals surface area contributed by atoms with Gasteiger partial charge in [-0.2, -0.15) is 0 Å². The highest BCUT2D eigenvalue weighted by atomic mass is 16.5. The van der Waals surface area contributed by atoms with E-state index in [1.54, 1.807) is 7.11 Å². The minimum absolute atomic E-state index is 0.0160. The number of benzene rings is 1. The van der Waals surface area contributed by atoms with Gasteiger partial charge in [0.15, 0.2) is 0 Å². The number of hydrogen-bond acceptors (Lipinski definition) is 3. The minimum atomic E-state index is -0.136. The quantitative estimate of drug-likeness (QED) is 0.812. The van der Waals surface area contributed by atoms with Crippen LogP contribution in [-0.2, 0) is 4.79 Å². The monoisotopic (exact) mass is 292 g/mol. The van der Waals surface area contributed by atoms with E-state index in [9.17, 15) is 4.79 Å². The fraction of sp³-hybridized carbons (Fsp3) is 0.588. The Morgan fingerprint density at radius 1 is 1.33 bits per heavy atom. The second-order valence-corrected chi connectivity index (χ2v) is 6.04. The lowest BCUT2D eigenvalue weighted by Crippen LogP contribution is -2.37. The first-order valence-corrected chi connectivity index (χ1v) is 7.54. The average molecular weight is 292 g/mol. The van der Waals surface area contributed by atoms with Gasteiger partial charge in [0.2, 0.25) is 5.91 Å². The van der Waals surface area contributed by atoms with Gasteiger partial charge in [0.1, 0.15) is 5.75 Å². The first kappa shape index (κ1) is 17.5. The van der Waals surface area contributed by atoms with Crippen LogP contribution < -0.4 is 15.8 Å². The molecule has 0 fully saturated rings. The van der Waals surface area contributed by atoms with Gasteiger partial charge < -0.3 is 15.8 Å². The van der Waals surface area contributed by atoms with Gasteiger partial charge in [0.25, 0.3) is 0 Å². The Morgan fingerprint density at radius 3 is 2.52 bits per heavy atom. The molecule has 0 saturated heterocycles. The molecule has 1 rings (SSSR count). The smallest absolute Gasteiger partial charge is 0.224 e. The van der Waals surface area contributed by atoms with Gasteiger partial charge in [-0.15, -0.1) is 0 Å². The molecular formula is C17H28N2O2. The summed E-state index contributed by atoms with van der Waals surface area (Å²) in [5.41, 5.74) is 7.87. The van der Waals surface area contributed by atoms with E-state index in [0.717, 1.165) is 23.3 Å². The third-order valence-corrected chi connectivity index (χ3v) is 3.62. The number of hydrogen-bond donors (Lipinski definition) is 2. The molecular weight excluding hydrogens is 264 g/mol. The molecule has 0 aromatic heterocycles. The molecule has 4 nitrogen and oxygen atoms in total. The summed E-state index contributed by atoms with van der Waals surface area (Å²) in [6, 6.07) is 5.87. The van der Waals surface area contributed by atoms with Gasteiger partial charge in [0, 0.05) is 12.1 Å². The summed E-state index contributed by atoms with van der Waals surface area (Å²) in [6.07, 6.45) is 0.806. The number of amides is 1. The van der Waals surface area contributed by atoms with Crippen molar-refractivity contribution in [3.8, 4) is 5.75 Å². The molecule has 2 atom stereocenters. The first-order valence-electron chi connectivity index (χ1n) is 7.54. The van der Waals surface area contributed by atoms with E-state index < -0.39 is 0 Å². The lowest BCUT2D eigenvalue weighted by atomic mass is 9.95. The van der Waals surface area contributed by atoms with Crippen LogP contribution in [0.15, 0.2) is 18.2 Å². The van der Waals surface area contributed by atoms with Crippen molar-refractivity contribution in [1.29, 1.82) is 0 Å². The highest BCUT2D eigenvalue weighted by Crippen LogP contribution is 2.26. The first-order chi connectivity index (χ1) is 9.88. The molecule has 0 saturated carbocycles. The lowest BCUT2D eigenvalue weighted by Gasteiger charge is -2.22. The fourth-order valence-electron chi connectivity index (χ4n) is 2.48. The van der Waals surface area contributed by atoms with Gasteiger partial charge in [-0.3, -0.25) is 4.79 Å². The number of carbonyl (C=O) groups is 1. The Labute approximate surface area is 128 Å². The lowest BCUT2D eigenvalue weighted by molar-refractivity contribution is -0.125. The van der Waals surface area contributed by atoms with E-state index in [0.29, 0.717) is 12.5 Å². The largest absolute Gasteiger partial charge is 0.496 e. The molecule has 0 spiro atoms. The summed E-state index contributed by atoms with van der Waals surface area (Å²) in [7, 11) is 1.64. The van der Waals surface area contributed by atoms with Gasteiger partial charge in [0.05, 0.1) is 19.1 Å². The maximum Gasteiger partial charge on any atom is 0.224 e. The molecule has 0 aliphatic rings. The zero-order valence-corrected chi connectivity index (χ0v) is 13.8. The fourth-order valence-corrected chi connectivity index (χ4v) is 2.48. The molecule has 1 aromatic carbocycles. The SMILES string of the molecule is COc1ccc(C)cc1C(C)NC(=O)C(CN)CC(C)C. The third-order valence-electron chi connectivity index (χ3n) is 3.62. The van der Waals surface area contributed by atoms with Crippen LogP contribution in [0.4, 0.5) is 0 Å². The zero-order chi connectivity index (χ0) is 16.0. The minimum Gasteiger partial charge on any atom is -0.496 e. The normalized spacial score (nSPS) is 13.9. The Bertz CT molecular complexity index is 472. The van der Waals surface area contributed by atoms with Gasteiger partial charge in [-0.05, 0) is 32.3 Å². The van der Waals surface area contributed by atoms with Crippen LogP contribution in [0.1, 0.15) is 44.4 Å². The molecule has 118 valence electrons. The molecule has 0 radical (unpaired) electrons. The second kappa shape index (κ2) is 8.03. The number of carbonyl (C=O) groups excluding carboxylic acids is 1. The summed E-state index contributed by atoms with van der Waals surface area (Å²) >= 11 is 0. The van der Waals surface area contributed by atoms with E-state index in [1.165, 1.54) is 0 Å². The molecule has 0 aliphatic carbocycles. The maximum absolute atomic E-state index is 12.3. The number of aryl methyl sites for hydroxylation is 1. The third kappa shape index (κ3) is 5.05. The summed E-state index contributed by atoms with van der Waals surface area (Å²) in [6.45, 7) is 8.57. The van der Waals surface area contributed by atoms with Crippen molar-refractivity contribution in [2.24, 2.45) is 17.6 Å². The van der Waals surface area contributed by atoms with Crippen molar-refractivity contribution in [2.75, 3.05) is 13.7 Å². The summed E-state index contributed by atoms with van der Waals surface area (Å²) in [5.74, 6) is 1.13. The van der Waals surface area contributed by atoms with Crippen LogP contribution in [-0.4, -0.2) is 19.6 Å². The van der Waals surface area contributed by atoms with Gasteiger partial charge in [-0.25, -0.2) is 0 Å².